The van der Waals surface area contributed by atoms with Gasteiger partial charge in [0.15, 0.2) is 0 Å². The van der Waals surface area contributed by atoms with Crippen LogP contribution in [0.5, 0.6) is 0 Å². The first-order valence-electron chi connectivity index (χ1n) is 3.97. The molecule has 72 valence electrons. The Balaban J connectivity index is 2.63. The van der Waals surface area contributed by atoms with Crippen LogP contribution < -0.4 is 5.56 Å². The number of hydrogen-bond donors (Lipinski definition) is 1. The SMILES string of the molecule is Cc1nc(-c2ccoc2)[nH]c(=O)c1I. The molecule has 0 bridgehead atoms. The molecule has 2 aromatic heterocycles. The lowest BCUT2D eigenvalue weighted by molar-refractivity contribution is 0.568. The van der Waals surface area contributed by atoms with Crippen LogP contribution in [0.15, 0.2) is 27.8 Å². The molecular weight excluding hydrogens is 295 g/mol. The summed E-state index contributed by atoms with van der Waals surface area (Å²) in [6.07, 6.45) is 3.09. The highest BCUT2D eigenvalue weighted by atomic mass is 127. The topological polar surface area (TPSA) is 58.9 Å². The molecule has 0 saturated heterocycles. The first-order valence-corrected chi connectivity index (χ1v) is 5.05. The Hall–Kier alpha value is -1.11. The molecule has 0 aliphatic carbocycles. The van der Waals surface area contributed by atoms with E-state index in [2.05, 4.69) is 9.97 Å². The first kappa shape index (κ1) is 9.45. The molecule has 0 amide bonds. The van der Waals surface area contributed by atoms with Gasteiger partial charge in [-0.2, -0.15) is 0 Å². The molecule has 0 unspecified atom stereocenters. The van der Waals surface area contributed by atoms with Crippen molar-refractivity contribution in [3.63, 3.8) is 0 Å². The number of hydrogen-bond acceptors (Lipinski definition) is 3. The van der Waals surface area contributed by atoms with Crippen LogP contribution in [0.4, 0.5) is 0 Å². The molecule has 0 spiro atoms. The van der Waals surface area contributed by atoms with Gasteiger partial charge in [-0.1, -0.05) is 0 Å². The Labute approximate surface area is 93.5 Å². The predicted octanol–water partition coefficient (Wildman–Crippen LogP) is 1.94. The Bertz CT molecular complexity index is 502. The molecule has 0 aliphatic rings. The minimum atomic E-state index is -0.116. The molecule has 0 fully saturated rings. The Morgan fingerprint density at radius 2 is 2.36 bits per heavy atom. The number of H-pyrrole nitrogens is 1. The summed E-state index contributed by atoms with van der Waals surface area (Å²) in [7, 11) is 0. The molecular formula is C9H7IN2O2. The summed E-state index contributed by atoms with van der Waals surface area (Å²) in [5, 5.41) is 0. The van der Waals surface area contributed by atoms with Crippen LogP contribution >= 0.6 is 22.6 Å². The maximum absolute atomic E-state index is 11.4. The fraction of sp³-hybridized carbons (Fsp3) is 0.111. The molecule has 0 saturated carbocycles. The van der Waals surface area contributed by atoms with Gasteiger partial charge in [0.2, 0.25) is 0 Å². The normalized spacial score (nSPS) is 10.4. The fourth-order valence-electron chi connectivity index (χ4n) is 1.11. The summed E-state index contributed by atoms with van der Waals surface area (Å²) in [6.45, 7) is 1.81. The van der Waals surface area contributed by atoms with Gasteiger partial charge in [0, 0.05) is 0 Å². The highest BCUT2D eigenvalue weighted by molar-refractivity contribution is 14.1. The van der Waals surface area contributed by atoms with Crippen LogP contribution in [0.3, 0.4) is 0 Å². The zero-order valence-electron chi connectivity index (χ0n) is 7.37. The van der Waals surface area contributed by atoms with E-state index >= 15 is 0 Å². The number of furan rings is 1. The average Bonchev–Trinajstić information content (AvgIpc) is 2.66. The lowest BCUT2D eigenvalue weighted by atomic mass is 10.3. The maximum atomic E-state index is 11.4. The van der Waals surface area contributed by atoms with E-state index in [9.17, 15) is 4.79 Å². The quantitative estimate of drug-likeness (QED) is 0.819. The number of aryl methyl sites for hydroxylation is 1. The molecule has 0 radical (unpaired) electrons. The van der Waals surface area contributed by atoms with Gasteiger partial charge in [-0.25, -0.2) is 4.98 Å². The second-order valence-electron chi connectivity index (χ2n) is 2.83. The lowest BCUT2D eigenvalue weighted by Gasteiger charge is -1.99. The summed E-state index contributed by atoms with van der Waals surface area (Å²) in [5.41, 5.74) is 1.39. The molecule has 2 heterocycles. The van der Waals surface area contributed by atoms with Crippen LogP contribution in [0.1, 0.15) is 5.69 Å². The van der Waals surface area contributed by atoms with Crippen molar-refractivity contribution >= 4 is 22.6 Å². The smallest absolute Gasteiger partial charge is 0.264 e. The molecule has 5 heteroatoms. The summed E-state index contributed by atoms with van der Waals surface area (Å²) in [6, 6.07) is 1.75. The van der Waals surface area contributed by atoms with E-state index in [-0.39, 0.29) is 5.56 Å². The minimum Gasteiger partial charge on any atom is -0.472 e. The Morgan fingerprint density at radius 1 is 1.57 bits per heavy atom. The first-order chi connectivity index (χ1) is 6.68. The number of nitrogens with one attached hydrogen (secondary N) is 1. The van der Waals surface area contributed by atoms with Crippen LogP contribution in [-0.2, 0) is 0 Å². The number of aromatic amines is 1. The Kier molecular flexibility index (Phi) is 2.40. The predicted molar refractivity (Wildman–Crippen MR) is 60.0 cm³/mol. The van der Waals surface area contributed by atoms with Gasteiger partial charge >= 0.3 is 0 Å². The van der Waals surface area contributed by atoms with E-state index in [1.807, 2.05) is 22.6 Å². The molecule has 2 aromatic rings. The monoisotopic (exact) mass is 302 g/mol. The zero-order valence-corrected chi connectivity index (χ0v) is 9.53. The molecule has 2 rings (SSSR count). The van der Waals surface area contributed by atoms with Crippen molar-refractivity contribution in [2.75, 3.05) is 0 Å². The molecule has 0 aromatic carbocycles. The van der Waals surface area contributed by atoms with Gasteiger partial charge < -0.3 is 9.40 Å². The van der Waals surface area contributed by atoms with Crippen LogP contribution in [0.25, 0.3) is 11.4 Å². The van der Waals surface area contributed by atoms with E-state index < -0.39 is 0 Å². The molecule has 4 nitrogen and oxygen atoms in total. The highest BCUT2D eigenvalue weighted by Gasteiger charge is 2.07. The molecule has 1 N–H and O–H groups in total. The van der Waals surface area contributed by atoms with Crippen LogP contribution in [-0.4, -0.2) is 9.97 Å². The van der Waals surface area contributed by atoms with Crippen molar-refractivity contribution in [2.24, 2.45) is 0 Å². The van der Waals surface area contributed by atoms with Crippen molar-refractivity contribution in [3.05, 3.63) is 38.2 Å². The number of halogens is 1. The van der Waals surface area contributed by atoms with Crippen LogP contribution in [0, 0.1) is 10.5 Å². The summed E-state index contributed by atoms with van der Waals surface area (Å²) in [4.78, 5) is 18.4. The molecule has 14 heavy (non-hydrogen) atoms. The van der Waals surface area contributed by atoms with E-state index in [4.69, 9.17) is 4.42 Å². The van der Waals surface area contributed by atoms with Gasteiger partial charge in [0.25, 0.3) is 5.56 Å². The third-order valence-corrected chi connectivity index (χ3v) is 3.09. The molecule has 0 aliphatic heterocycles. The third kappa shape index (κ3) is 1.59. The second-order valence-corrected chi connectivity index (χ2v) is 3.90. The van der Waals surface area contributed by atoms with Crippen molar-refractivity contribution in [2.45, 2.75) is 6.92 Å². The number of aromatic nitrogens is 2. The van der Waals surface area contributed by atoms with Gasteiger partial charge in [0.1, 0.15) is 12.1 Å². The minimum absolute atomic E-state index is 0.116. The van der Waals surface area contributed by atoms with Crippen molar-refractivity contribution < 1.29 is 4.42 Å². The van der Waals surface area contributed by atoms with Crippen molar-refractivity contribution in [1.29, 1.82) is 0 Å². The van der Waals surface area contributed by atoms with Gasteiger partial charge in [0.05, 0.1) is 21.1 Å². The summed E-state index contributed by atoms with van der Waals surface area (Å²) in [5.74, 6) is 0.543. The summed E-state index contributed by atoms with van der Waals surface area (Å²) < 4.78 is 5.54. The second kappa shape index (κ2) is 3.56. The lowest BCUT2D eigenvalue weighted by Crippen LogP contribution is -2.14. The standard InChI is InChI=1S/C9H7IN2O2/c1-5-7(10)9(13)12-8(11-5)6-2-3-14-4-6/h2-4H,1H3,(H,11,12,13). The Morgan fingerprint density at radius 3 is 2.93 bits per heavy atom. The van der Waals surface area contributed by atoms with E-state index in [1.165, 1.54) is 0 Å². The number of rotatable bonds is 1. The van der Waals surface area contributed by atoms with Crippen molar-refractivity contribution in [3.8, 4) is 11.4 Å². The highest BCUT2D eigenvalue weighted by Crippen LogP contribution is 2.14. The van der Waals surface area contributed by atoms with E-state index in [1.54, 1.807) is 25.5 Å². The summed E-state index contributed by atoms with van der Waals surface area (Å²) >= 11 is 1.97. The largest absolute Gasteiger partial charge is 0.472 e. The van der Waals surface area contributed by atoms with Crippen LogP contribution in [0.2, 0.25) is 0 Å². The maximum Gasteiger partial charge on any atom is 0.264 e. The molecule has 0 atom stereocenters. The zero-order chi connectivity index (χ0) is 10.1. The van der Waals surface area contributed by atoms with E-state index in [0.717, 1.165) is 11.3 Å². The van der Waals surface area contributed by atoms with Gasteiger partial charge in [-0.3, -0.25) is 4.79 Å². The van der Waals surface area contributed by atoms with Gasteiger partial charge in [-0.05, 0) is 35.6 Å². The average molecular weight is 302 g/mol. The van der Waals surface area contributed by atoms with E-state index in [0.29, 0.717) is 9.39 Å². The third-order valence-electron chi connectivity index (χ3n) is 1.82. The van der Waals surface area contributed by atoms with Crippen molar-refractivity contribution in [1.82, 2.24) is 9.97 Å². The number of nitrogens with zero attached hydrogens (tertiary/aromatic N) is 1. The fourth-order valence-corrected chi connectivity index (χ4v) is 1.36. The van der Waals surface area contributed by atoms with Gasteiger partial charge in [-0.15, -0.1) is 0 Å².